The molecular formula is C10H12ClN3O3. The number of aliphatic hydroxyl groups excluding tert-OH is 2. The maximum Gasteiger partial charge on any atom is 0.121 e. The van der Waals surface area contributed by atoms with Crippen molar-refractivity contribution >= 4 is 11.6 Å². The van der Waals surface area contributed by atoms with Gasteiger partial charge in [0.05, 0.1) is 6.10 Å². The average molecular weight is 258 g/mol. The van der Waals surface area contributed by atoms with E-state index in [0.29, 0.717) is 5.02 Å². The van der Waals surface area contributed by atoms with Gasteiger partial charge in [-0.15, -0.1) is 0 Å². The van der Waals surface area contributed by atoms with Gasteiger partial charge in [-0.25, -0.2) is 0 Å². The van der Waals surface area contributed by atoms with E-state index in [9.17, 15) is 15.3 Å². The number of nitrogens with zero attached hydrogens (tertiary/aromatic N) is 3. The van der Waals surface area contributed by atoms with Crippen LogP contribution in [0.15, 0.2) is 23.3 Å². The van der Waals surface area contributed by atoms with Crippen molar-refractivity contribution in [2.75, 3.05) is 6.54 Å². The molecule has 0 bridgehead atoms. The molecule has 0 saturated heterocycles. The lowest BCUT2D eigenvalue weighted by atomic mass is 10.0. The second-order valence-corrected chi connectivity index (χ2v) is 3.89. The molecule has 7 heteroatoms. The van der Waals surface area contributed by atoms with E-state index < -0.39 is 12.2 Å². The van der Waals surface area contributed by atoms with Gasteiger partial charge in [-0.2, -0.15) is 0 Å². The highest BCUT2D eigenvalue weighted by atomic mass is 35.5. The summed E-state index contributed by atoms with van der Waals surface area (Å²) >= 11 is 5.72. The van der Waals surface area contributed by atoms with Crippen molar-refractivity contribution in [2.45, 2.75) is 18.6 Å². The van der Waals surface area contributed by atoms with Crippen molar-refractivity contribution in [3.63, 3.8) is 0 Å². The number of halogens is 1. The summed E-state index contributed by atoms with van der Waals surface area (Å²) in [6.45, 7) is 0.0655. The molecule has 1 aromatic rings. The summed E-state index contributed by atoms with van der Waals surface area (Å²) in [7, 11) is 0. The summed E-state index contributed by atoms with van der Waals surface area (Å²) in [5.74, 6) is -0.148. The van der Waals surface area contributed by atoms with Crippen LogP contribution < -0.4 is 0 Å². The first-order valence-corrected chi connectivity index (χ1v) is 5.29. The normalized spacial score (nSPS) is 13.8. The fourth-order valence-corrected chi connectivity index (χ4v) is 1.54. The van der Waals surface area contributed by atoms with E-state index in [2.05, 4.69) is 10.0 Å². The van der Waals surface area contributed by atoms with Crippen LogP contribution in [0.4, 0.5) is 0 Å². The second kappa shape index (κ2) is 6.32. The Labute approximate surface area is 103 Å². The van der Waals surface area contributed by atoms with Gasteiger partial charge in [0.15, 0.2) is 0 Å². The molecule has 0 aromatic heterocycles. The molecule has 0 heterocycles. The summed E-state index contributed by atoms with van der Waals surface area (Å²) in [4.78, 5) is 2.53. The number of aliphatic hydroxyl groups is 2. The van der Waals surface area contributed by atoms with E-state index >= 15 is 0 Å². The standard InChI is InChI=1S/C10H12ClN3O3/c11-6-1-2-8(15)7(5-6)10(17)9(16)3-4-13-14-12/h1-2,5,9-10,15-17H,3-4H2. The fraction of sp³-hybridized carbons (Fsp3) is 0.400. The van der Waals surface area contributed by atoms with Crippen LogP contribution in [0.25, 0.3) is 10.4 Å². The lowest BCUT2D eigenvalue weighted by molar-refractivity contribution is 0.0137. The van der Waals surface area contributed by atoms with Crippen LogP contribution in [-0.4, -0.2) is 28.0 Å². The third-order valence-electron chi connectivity index (χ3n) is 2.26. The van der Waals surface area contributed by atoms with Crippen LogP contribution in [0.2, 0.25) is 5.02 Å². The number of phenolic OH excluding ortho intramolecular Hbond substituents is 1. The van der Waals surface area contributed by atoms with Crippen molar-refractivity contribution < 1.29 is 15.3 Å². The van der Waals surface area contributed by atoms with Crippen LogP contribution in [0, 0.1) is 0 Å². The minimum atomic E-state index is -1.28. The van der Waals surface area contributed by atoms with Crippen molar-refractivity contribution in [1.29, 1.82) is 0 Å². The summed E-state index contributed by atoms with van der Waals surface area (Å²) in [6.07, 6.45) is -2.32. The van der Waals surface area contributed by atoms with Crippen LogP contribution >= 0.6 is 11.6 Å². The maximum atomic E-state index is 9.79. The predicted molar refractivity (Wildman–Crippen MR) is 62.7 cm³/mol. The molecule has 0 aliphatic rings. The number of aromatic hydroxyl groups is 1. The fourth-order valence-electron chi connectivity index (χ4n) is 1.36. The number of azide groups is 1. The van der Waals surface area contributed by atoms with Gasteiger partial charge in [-0.05, 0) is 30.2 Å². The predicted octanol–water partition coefficient (Wildman–Crippen LogP) is 2.14. The molecule has 17 heavy (non-hydrogen) atoms. The van der Waals surface area contributed by atoms with Gasteiger partial charge in [0, 0.05) is 22.0 Å². The summed E-state index contributed by atoms with van der Waals surface area (Å²) in [6, 6.07) is 4.18. The molecule has 1 aromatic carbocycles. The third-order valence-corrected chi connectivity index (χ3v) is 2.50. The summed E-state index contributed by atoms with van der Waals surface area (Å²) in [5, 5.41) is 32.5. The van der Waals surface area contributed by atoms with E-state index in [4.69, 9.17) is 17.1 Å². The van der Waals surface area contributed by atoms with Crippen molar-refractivity contribution in [2.24, 2.45) is 5.11 Å². The van der Waals surface area contributed by atoms with Crippen LogP contribution in [-0.2, 0) is 0 Å². The van der Waals surface area contributed by atoms with E-state index in [1.165, 1.54) is 18.2 Å². The van der Waals surface area contributed by atoms with E-state index in [1.54, 1.807) is 0 Å². The highest BCUT2D eigenvalue weighted by molar-refractivity contribution is 6.30. The molecule has 0 aliphatic heterocycles. The first-order valence-electron chi connectivity index (χ1n) is 4.91. The Kier molecular flexibility index (Phi) is 5.06. The highest BCUT2D eigenvalue weighted by Gasteiger charge is 2.21. The molecule has 0 aliphatic carbocycles. The maximum absolute atomic E-state index is 9.79. The molecule has 0 amide bonds. The average Bonchev–Trinajstić information content (AvgIpc) is 2.31. The zero-order valence-corrected chi connectivity index (χ0v) is 9.62. The molecular weight excluding hydrogens is 246 g/mol. The molecule has 6 nitrogen and oxygen atoms in total. The Morgan fingerprint density at radius 1 is 1.41 bits per heavy atom. The first kappa shape index (κ1) is 13.6. The zero-order chi connectivity index (χ0) is 12.8. The molecule has 0 fully saturated rings. The Morgan fingerprint density at radius 3 is 2.76 bits per heavy atom. The summed E-state index contributed by atoms with van der Waals surface area (Å²) in [5.41, 5.74) is 8.22. The van der Waals surface area contributed by atoms with Crippen LogP contribution in [0.5, 0.6) is 5.75 Å². The van der Waals surface area contributed by atoms with Crippen LogP contribution in [0.1, 0.15) is 18.1 Å². The molecule has 0 saturated carbocycles. The van der Waals surface area contributed by atoms with Gasteiger partial charge in [0.2, 0.25) is 0 Å². The van der Waals surface area contributed by atoms with E-state index in [-0.39, 0.29) is 24.3 Å². The minimum absolute atomic E-state index is 0.0655. The number of benzene rings is 1. The smallest absolute Gasteiger partial charge is 0.121 e. The van der Waals surface area contributed by atoms with E-state index in [1.807, 2.05) is 0 Å². The Bertz CT molecular complexity index is 435. The van der Waals surface area contributed by atoms with Gasteiger partial charge in [0.1, 0.15) is 11.9 Å². The van der Waals surface area contributed by atoms with E-state index in [0.717, 1.165) is 0 Å². The number of hydrogen-bond acceptors (Lipinski definition) is 4. The number of phenols is 1. The highest BCUT2D eigenvalue weighted by Crippen LogP contribution is 2.30. The third kappa shape index (κ3) is 3.80. The molecule has 2 atom stereocenters. The largest absolute Gasteiger partial charge is 0.508 e. The lowest BCUT2D eigenvalue weighted by Gasteiger charge is -2.18. The van der Waals surface area contributed by atoms with Crippen molar-refractivity contribution in [3.05, 3.63) is 39.2 Å². The SMILES string of the molecule is [N-]=[N+]=NCCC(O)C(O)c1cc(Cl)ccc1O. The topological polar surface area (TPSA) is 109 Å². The number of rotatable bonds is 5. The van der Waals surface area contributed by atoms with Crippen molar-refractivity contribution in [1.82, 2.24) is 0 Å². The monoisotopic (exact) mass is 257 g/mol. The number of hydrogen-bond donors (Lipinski definition) is 3. The first-order chi connectivity index (χ1) is 8.06. The lowest BCUT2D eigenvalue weighted by Crippen LogP contribution is -2.19. The van der Waals surface area contributed by atoms with Gasteiger partial charge in [-0.3, -0.25) is 0 Å². The molecule has 2 unspecified atom stereocenters. The Hall–Kier alpha value is -1.46. The van der Waals surface area contributed by atoms with Gasteiger partial charge in [0.25, 0.3) is 0 Å². The van der Waals surface area contributed by atoms with Gasteiger partial charge in [-0.1, -0.05) is 16.7 Å². The molecule has 3 N–H and O–H groups in total. The van der Waals surface area contributed by atoms with Crippen LogP contribution in [0.3, 0.4) is 0 Å². The zero-order valence-electron chi connectivity index (χ0n) is 8.86. The van der Waals surface area contributed by atoms with Gasteiger partial charge >= 0.3 is 0 Å². The molecule has 92 valence electrons. The molecule has 0 spiro atoms. The second-order valence-electron chi connectivity index (χ2n) is 3.46. The molecule has 0 radical (unpaired) electrons. The van der Waals surface area contributed by atoms with Gasteiger partial charge < -0.3 is 15.3 Å². The minimum Gasteiger partial charge on any atom is -0.508 e. The summed E-state index contributed by atoms with van der Waals surface area (Å²) < 4.78 is 0. The molecule has 1 rings (SSSR count). The quantitative estimate of drug-likeness (QED) is 0.427. The van der Waals surface area contributed by atoms with Crippen molar-refractivity contribution in [3.8, 4) is 5.75 Å². The Morgan fingerprint density at radius 2 is 2.12 bits per heavy atom. The Balaban J connectivity index is 2.76.